The van der Waals surface area contributed by atoms with Crippen molar-refractivity contribution in [1.82, 2.24) is 5.32 Å². The van der Waals surface area contributed by atoms with Crippen LogP contribution in [0.2, 0.25) is 0 Å². The van der Waals surface area contributed by atoms with Gasteiger partial charge in [0.05, 0.1) is 18.0 Å². The zero-order valence-corrected chi connectivity index (χ0v) is 17.1. The fourth-order valence-electron chi connectivity index (χ4n) is 3.86. The summed E-state index contributed by atoms with van der Waals surface area (Å²) in [6, 6.07) is 12.8. The van der Waals surface area contributed by atoms with E-state index in [4.69, 9.17) is 9.47 Å². The van der Waals surface area contributed by atoms with Gasteiger partial charge in [0.25, 0.3) is 0 Å². The molecular formula is C21H24N2O5S. The number of fused-ring (bicyclic) bond motifs is 2. The molecule has 0 saturated carbocycles. The SMILES string of the molecule is CS(=O)(=O)N(CC(=O)NC1CCCc2ccccc21)c1ccc2c(c1)OCCO2. The van der Waals surface area contributed by atoms with E-state index in [9.17, 15) is 13.2 Å². The molecule has 0 saturated heterocycles. The molecule has 1 amide bonds. The molecule has 8 heteroatoms. The highest BCUT2D eigenvalue weighted by Crippen LogP contribution is 2.35. The molecule has 154 valence electrons. The number of nitrogens with zero attached hydrogens (tertiary/aromatic N) is 1. The molecule has 0 radical (unpaired) electrons. The number of carbonyl (C=O) groups excluding carboxylic acids is 1. The van der Waals surface area contributed by atoms with Gasteiger partial charge < -0.3 is 14.8 Å². The lowest BCUT2D eigenvalue weighted by Gasteiger charge is -2.28. The van der Waals surface area contributed by atoms with Crippen molar-refractivity contribution in [3.63, 3.8) is 0 Å². The van der Waals surface area contributed by atoms with E-state index in [1.54, 1.807) is 18.2 Å². The molecule has 29 heavy (non-hydrogen) atoms. The summed E-state index contributed by atoms with van der Waals surface area (Å²) in [6.45, 7) is 0.557. The third-order valence-corrected chi connectivity index (χ3v) is 6.35. The predicted octanol–water partition coefficient (Wildman–Crippen LogP) is 2.42. The number of hydrogen-bond donors (Lipinski definition) is 1. The Morgan fingerprint density at radius 1 is 1.14 bits per heavy atom. The second-order valence-corrected chi connectivity index (χ2v) is 9.22. The summed E-state index contributed by atoms with van der Waals surface area (Å²) >= 11 is 0. The van der Waals surface area contributed by atoms with Gasteiger partial charge in [-0.05, 0) is 42.5 Å². The Morgan fingerprint density at radius 2 is 1.90 bits per heavy atom. The zero-order valence-electron chi connectivity index (χ0n) is 16.3. The number of nitrogens with one attached hydrogen (secondary N) is 1. The summed E-state index contributed by atoms with van der Waals surface area (Å²) in [4.78, 5) is 12.8. The number of aryl methyl sites for hydroxylation is 1. The molecule has 7 nitrogen and oxygen atoms in total. The minimum absolute atomic E-state index is 0.103. The van der Waals surface area contributed by atoms with Crippen LogP contribution in [0.4, 0.5) is 5.69 Å². The van der Waals surface area contributed by atoms with Gasteiger partial charge in [-0.15, -0.1) is 0 Å². The highest BCUT2D eigenvalue weighted by molar-refractivity contribution is 7.92. The van der Waals surface area contributed by atoms with Gasteiger partial charge in [-0.3, -0.25) is 9.10 Å². The summed E-state index contributed by atoms with van der Waals surface area (Å²) in [6.07, 6.45) is 3.91. The summed E-state index contributed by atoms with van der Waals surface area (Å²) in [5.41, 5.74) is 2.71. The standard InChI is InChI=1S/C21H24N2O5S/c1-29(25,26)23(16-9-10-19-20(13-16)28-12-11-27-19)14-21(24)22-18-8-4-6-15-5-2-3-7-17(15)18/h2-3,5,7,9-10,13,18H,4,6,8,11-12,14H2,1H3,(H,22,24). The van der Waals surface area contributed by atoms with Crippen molar-refractivity contribution in [3.8, 4) is 11.5 Å². The molecule has 1 aliphatic carbocycles. The van der Waals surface area contributed by atoms with E-state index in [0.717, 1.165) is 35.4 Å². The smallest absolute Gasteiger partial charge is 0.241 e. The first kappa shape index (κ1) is 19.6. The molecule has 2 aromatic rings. The van der Waals surface area contributed by atoms with E-state index < -0.39 is 10.0 Å². The van der Waals surface area contributed by atoms with E-state index in [1.165, 1.54) is 5.56 Å². The minimum atomic E-state index is -3.66. The van der Waals surface area contributed by atoms with E-state index in [0.29, 0.717) is 30.4 Å². The van der Waals surface area contributed by atoms with Crippen LogP contribution in [-0.4, -0.2) is 40.3 Å². The maximum absolute atomic E-state index is 12.8. The number of anilines is 1. The van der Waals surface area contributed by atoms with Crippen LogP contribution < -0.4 is 19.1 Å². The largest absolute Gasteiger partial charge is 0.486 e. The van der Waals surface area contributed by atoms with Gasteiger partial charge in [-0.2, -0.15) is 0 Å². The lowest BCUT2D eigenvalue weighted by molar-refractivity contribution is -0.120. The second-order valence-electron chi connectivity index (χ2n) is 7.31. The average Bonchev–Trinajstić information content (AvgIpc) is 2.71. The van der Waals surface area contributed by atoms with Gasteiger partial charge in [-0.25, -0.2) is 8.42 Å². The molecule has 0 aromatic heterocycles. The van der Waals surface area contributed by atoms with Crippen molar-refractivity contribution in [1.29, 1.82) is 0 Å². The number of hydrogen-bond acceptors (Lipinski definition) is 5. The molecule has 2 aliphatic rings. The molecular weight excluding hydrogens is 392 g/mol. The lowest BCUT2D eigenvalue weighted by Crippen LogP contribution is -2.42. The van der Waals surface area contributed by atoms with Crippen LogP contribution in [0.5, 0.6) is 11.5 Å². The van der Waals surface area contributed by atoms with Crippen LogP contribution in [0.25, 0.3) is 0 Å². The molecule has 2 aromatic carbocycles. The fourth-order valence-corrected chi connectivity index (χ4v) is 4.71. The van der Waals surface area contributed by atoms with Crippen LogP contribution >= 0.6 is 0 Å². The molecule has 1 atom stereocenters. The van der Waals surface area contributed by atoms with Gasteiger partial charge in [0.1, 0.15) is 19.8 Å². The van der Waals surface area contributed by atoms with Gasteiger partial charge in [0, 0.05) is 6.07 Å². The van der Waals surface area contributed by atoms with Gasteiger partial charge in [-0.1, -0.05) is 24.3 Å². The van der Waals surface area contributed by atoms with E-state index in [2.05, 4.69) is 11.4 Å². The maximum atomic E-state index is 12.8. The normalized spacial score (nSPS) is 17.9. The molecule has 4 rings (SSSR count). The molecule has 1 N–H and O–H groups in total. The molecule has 0 spiro atoms. The van der Waals surface area contributed by atoms with Crippen molar-refractivity contribution in [2.24, 2.45) is 0 Å². The van der Waals surface area contributed by atoms with Gasteiger partial charge in [0.15, 0.2) is 11.5 Å². The molecule has 1 aliphatic heterocycles. The maximum Gasteiger partial charge on any atom is 0.241 e. The number of rotatable bonds is 5. The third-order valence-electron chi connectivity index (χ3n) is 5.21. The first-order valence-electron chi connectivity index (χ1n) is 9.66. The van der Waals surface area contributed by atoms with Crippen LogP contribution in [0.1, 0.15) is 30.0 Å². The highest BCUT2D eigenvalue weighted by Gasteiger charge is 2.26. The van der Waals surface area contributed by atoms with E-state index in [1.807, 2.05) is 18.2 Å². The number of ether oxygens (including phenoxy) is 2. The van der Waals surface area contributed by atoms with Crippen molar-refractivity contribution < 1.29 is 22.7 Å². The molecule has 1 unspecified atom stereocenters. The van der Waals surface area contributed by atoms with Crippen LogP contribution in [-0.2, 0) is 21.2 Å². The number of sulfonamides is 1. The van der Waals surface area contributed by atoms with E-state index >= 15 is 0 Å². The Kier molecular flexibility index (Phi) is 5.36. The van der Waals surface area contributed by atoms with Crippen LogP contribution in [0.3, 0.4) is 0 Å². The highest BCUT2D eigenvalue weighted by atomic mass is 32.2. The third kappa shape index (κ3) is 4.32. The summed E-state index contributed by atoms with van der Waals surface area (Å²) in [5.74, 6) is 0.702. The van der Waals surface area contributed by atoms with Crippen molar-refractivity contribution in [2.45, 2.75) is 25.3 Å². The molecule has 0 bridgehead atoms. The summed E-state index contributed by atoms with van der Waals surface area (Å²) in [7, 11) is -3.66. The first-order chi connectivity index (χ1) is 13.9. The molecule has 0 fully saturated rings. The average molecular weight is 416 g/mol. The monoisotopic (exact) mass is 416 g/mol. The zero-order chi connectivity index (χ0) is 20.4. The minimum Gasteiger partial charge on any atom is -0.486 e. The lowest BCUT2D eigenvalue weighted by atomic mass is 9.88. The fraction of sp³-hybridized carbons (Fsp3) is 0.381. The number of benzene rings is 2. The van der Waals surface area contributed by atoms with Crippen molar-refractivity contribution in [3.05, 3.63) is 53.6 Å². The first-order valence-corrected chi connectivity index (χ1v) is 11.5. The van der Waals surface area contributed by atoms with Crippen molar-refractivity contribution >= 4 is 21.6 Å². The predicted molar refractivity (Wildman–Crippen MR) is 110 cm³/mol. The Labute approximate surface area is 170 Å². The summed E-state index contributed by atoms with van der Waals surface area (Å²) in [5, 5.41) is 3.01. The Bertz CT molecular complexity index is 1020. The summed E-state index contributed by atoms with van der Waals surface area (Å²) < 4.78 is 36.9. The number of carbonyl (C=O) groups is 1. The van der Waals surface area contributed by atoms with Crippen LogP contribution in [0, 0.1) is 0 Å². The molecule has 1 heterocycles. The topological polar surface area (TPSA) is 84.9 Å². The van der Waals surface area contributed by atoms with Crippen molar-refractivity contribution in [2.75, 3.05) is 30.3 Å². The van der Waals surface area contributed by atoms with Gasteiger partial charge >= 0.3 is 0 Å². The Hall–Kier alpha value is -2.74. The Balaban J connectivity index is 1.53. The quantitative estimate of drug-likeness (QED) is 0.809. The Morgan fingerprint density at radius 3 is 2.69 bits per heavy atom. The van der Waals surface area contributed by atoms with Gasteiger partial charge in [0.2, 0.25) is 15.9 Å². The number of amides is 1. The van der Waals surface area contributed by atoms with E-state index in [-0.39, 0.29) is 18.5 Å². The second kappa shape index (κ2) is 7.94. The van der Waals surface area contributed by atoms with Crippen LogP contribution in [0.15, 0.2) is 42.5 Å².